The van der Waals surface area contributed by atoms with Crippen molar-refractivity contribution in [3.8, 4) is 11.5 Å². The average Bonchev–Trinajstić information content (AvgIpc) is 2.81. The zero-order valence-electron chi connectivity index (χ0n) is 18.2. The molecule has 0 atom stereocenters. The summed E-state index contributed by atoms with van der Waals surface area (Å²) >= 11 is 1.56. The molecule has 32 heavy (non-hydrogen) atoms. The van der Waals surface area contributed by atoms with Crippen LogP contribution in [-0.4, -0.2) is 64.4 Å². The Balaban J connectivity index is 1.66. The van der Waals surface area contributed by atoms with E-state index in [2.05, 4.69) is 5.32 Å². The number of hydrogen-bond donors (Lipinski definition) is 1. The summed E-state index contributed by atoms with van der Waals surface area (Å²) in [5.74, 6) is 1.58. The molecule has 1 aliphatic heterocycles. The van der Waals surface area contributed by atoms with Crippen molar-refractivity contribution in [3.05, 3.63) is 42.5 Å². The molecule has 1 fully saturated rings. The first-order valence-electron chi connectivity index (χ1n) is 10.4. The number of nitrogens with one attached hydrogen (secondary N) is 1. The van der Waals surface area contributed by atoms with E-state index in [4.69, 9.17) is 14.2 Å². The summed E-state index contributed by atoms with van der Waals surface area (Å²) in [6.07, 6.45) is 0.267. The van der Waals surface area contributed by atoms with Crippen LogP contribution in [0.25, 0.3) is 0 Å². The smallest absolute Gasteiger partial charge is 0.243 e. The Hall–Kier alpha value is -2.27. The number of morpholine rings is 1. The Kier molecular flexibility index (Phi) is 8.80. The lowest BCUT2D eigenvalue weighted by Crippen LogP contribution is -2.40. The minimum absolute atomic E-state index is 0.116. The van der Waals surface area contributed by atoms with E-state index in [0.29, 0.717) is 50.1 Å². The molecule has 0 unspecified atom stereocenters. The summed E-state index contributed by atoms with van der Waals surface area (Å²) in [4.78, 5) is 13.7. The Morgan fingerprint density at radius 2 is 1.88 bits per heavy atom. The third-order valence-corrected chi connectivity index (χ3v) is 7.70. The zero-order chi connectivity index (χ0) is 23.0. The number of benzene rings is 2. The van der Waals surface area contributed by atoms with Crippen molar-refractivity contribution in [2.75, 3.05) is 51.1 Å². The zero-order valence-corrected chi connectivity index (χ0v) is 19.8. The number of carbonyl (C=O) groups excluding carboxylic acids is 1. The molecule has 10 heteroatoms. The van der Waals surface area contributed by atoms with E-state index in [1.54, 1.807) is 24.9 Å². The average molecular weight is 481 g/mol. The summed E-state index contributed by atoms with van der Waals surface area (Å²) in [5.41, 5.74) is 0.348. The van der Waals surface area contributed by atoms with Crippen LogP contribution in [0.15, 0.2) is 52.3 Å². The summed E-state index contributed by atoms with van der Waals surface area (Å²) < 4.78 is 43.3. The summed E-state index contributed by atoms with van der Waals surface area (Å²) in [5, 5.41) is 2.81. The molecule has 2 aromatic carbocycles. The second-order valence-corrected chi connectivity index (χ2v) is 10.0. The van der Waals surface area contributed by atoms with Gasteiger partial charge >= 0.3 is 0 Å². The van der Waals surface area contributed by atoms with E-state index in [0.717, 1.165) is 10.6 Å². The topological polar surface area (TPSA) is 94.2 Å². The van der Waals surface area contributed by atoms with E-state index in [1.807, 2.05) is 31.2 Å². The molecule has 1 saturated heterocycles. The van der Waals surface area contributed by atoms with Crippen LogP contribution >= 0.6 is 11.8 Å². The third kappa shape index (κ3) is 6.38. The first-order chi connectivity index (χ1) is 15.4. The maximum absolute atomic E-state index is 13.0. The van der Waals surface area contributed by atoms with Crippen LogP contribution < -0.4 is 14.8 Å². The first-order valence-corrected chi connectivity index (χ1v) is 12.8. The Bertz CT molecular complexity index is 1010. The number of anilines is 1. The quantitative estimate of drug-likeness (QED) is 0.522. The van der Waals surface area contributed by atoms with Gasteiger partial charge in [0.15, 0.2) is 0 Å². The first kappa shape index (κ1) is 24.4. The second-order valence-electron chi connectivity index (χ2n) is 6.93. The highest BCUT2D eigenvalue weighted by atomic mass is 32.2. The molecule has 0 aromatic heterocycles. The second kappa shape index (κ2) is 11.6. The van der Waals surface area contributed by atoms with E-state index in [-0.39, 0.29) is 17.2 Å². The molecular formula is C22H28N2O6S2. The lowest BCUT2D eigenvalue weighted by Gasteiger charge is -2.26. The molecule has 1 aliphatic rings. The van der Waals surface area contributed by atoms with Crippen molar-refractivity contribution >= 4 is 33.4 Å². The molecule has 2 aromatic rings. The number of amides is 1. The molecule has 0 spiro atoms. The van der Waals surface area contributed by atoms with Crippen molar-refractivity contribution in [3.63, 3.8) is 0 Å². The van der Waals surface area contributed by atoms with Gasteiger partial charge in [-0.1, -0.05) is 0 Å². The van der Waals surface area contributed by atoms with Gasteiger partial charge in [-0.15, -0.1) is 11.8 Å². The predicted molar refractivity (Wildman–Crippen MR) is 124 cm³/mol. The number of hydrogen-bond acceptors (Lipinski definition) is 7. The standard InChI is InChI=1S/C22H28N2O6S2/c1-3-30-21-9-8-19(32(26,27)24-11-13-29-14-12-24)16-20(21)23-22(25)10-15-31-18-6-4-17(28-2)5-7-18/h4-9,16H,3,10-15H2,1-2H3,(H,23,25). The van der Waals surface area contributed by atoms with Gasteiger partial charge in [0.2, 0.25) is 15.9 Å². The van der Waals surface area contributed by atoms with Gasteiger partial charge < -0.3 is 19.5 Å². The molecule has 8 nitrogen and oxygen atoms in total. The van der Waals surface area contributed by atoms with Gasteiger partial charge in [-0.25, -0.2) is 8.42 Å². The van der Waals surface area contributed by atoms with Gasteiger partial charge in [0.05, 0.1) is 37.5 Å². The number of ether oxygens (including phenoxy) is 3. The van der Waals surface area contributed by atoms with Crippen LogP contribution in [-0.2, 0) is 19.6 Å². The number of rotatable bonds is 10. The summed E-state index contributed by atoms with van der Waals surface area (Å²) in [7, 11) is -2.06. The maximum Gasteiger partial charge on any atom is 0.243 e. The fourth-order valence-corrected chi connectivity index (χ4v) is 5.42. The number of nitrogens with zero attached hydrogens (tertiary/aromatic N) is 1. The summed E-state index contributed by atoms with van der Waals surface area (Å²) in [6.45, 7) is 3.57. The minimum atomic E-state index is -3.68. The van der Waals surface area contributed by atoms with Crippen molar-refractivity contribution in [2.24, 2.45) is 0 Å². The van der Waals surface area contributed by atoms with Crippen LogP contribution in [0.1, 0.15) is 13.3 Å². The van der Waals surface area contributed by atoms with Crippen LogP contribution in [0.2, 0.25) is 0 Å². The Morgan fingerprint density at radius 3 is 2.53 bits per heavy atom. The van der Waals surface area contributed by atoms with E-state index < -0.39 is 10.0 Å². The molecule has 0 aliphatic carbocycles. The number of methoxy groups -OCH3 is 1. The van der Waals surface area contributed by atoms with Crippen molar-refractivity contribution in [2.45, 2.75) is 23.1 Å². The van der Waals surface area contributed by atoms with Gasteiger partial charge in [-0.2, -0.15) is 4.31 Å². The largest absolute Gasteiger partial charge is 0.497 e. The van der Waals surface area contributed by atoms with Crippen LogP contribution in [0.4, 0.5) is 5.69 Å². The highest BCUT2D eigenvalue weighted by molar-refractivity contribution is 7.99. The summed E-state index contributed by atoms with van der Waals surface area (Å²) in [6, 6.07) is 12.2. The Labute approximate surface area is 193 Å². The lowest BCUT2D eigenvalue weighted by atomic mass is 10.3. The fourth-order valence-electron chi connectivity index (χ4n) is 3.13. The highest BCUT2D eigenvalue weighted by Crippen LogP contribution is 2.30. The number of sulfonamides is 1. The SMILES string of the molecule is CCOc1ccc(S(=O)(=O)N2CCOCC2)cc1NC(=O)CCSc1ccc(OC)cc1. The molecule has 3 rings (SSSR count). The van der Waals surface area contributed by atoms with Crippen LogP contribution in [0.5, 0.6) is 11.5 Å². The number of carbonyl (C=O) groups is 1. The molecule has 1 N–H and O–H groups in total. The minimum Gasteiger partial charge on any atom is -0.497 e. The molecule has 1 heterocycles. The molecule has 0 radical (unpaired) electrons. The molecule has 174 valence electrons. The van der Waals surface area contributed by atoms with Crippen molar-refractivity contribution in [1.82, 2.24) is 4.31 Å². The maximum atomic E-state index is 13.0. The van der Waals surface area contributed by atoms with Gasteiger partial charge in [-0.3, -0.25) is 4.79 Å². The molecular weight excluding hydrogens is 452 g/mol. The molecule has 1 amide bonds. The fraction of sp³-hybridized carbons (Fsp3) is 0.409. The van der Waals surface area contributed by atoms with Gasteiger partial charge in [-0.05, 0) is 49.4 Å². The Morgan fingerprint density at radius 1 is 1.16 bits per heavy atom. The van der Waals surface area contributed by atoms with Crippen molar-refractivity contribution in [1.29, 1.82) is 0 Å². The number of thioether (sulfide) groups is 1. The normalized spacial score (nSPS) is 14.7. The molecule has 0 saturated carbocycles. The highest BCUT2D eigenvalue weighted by Gasteiger charge is 2.27. The lowest BCUT2D eigenvalue weighted by molar-refractivity contribution is -0.115. The van der Waals surface area contributed by atoms with Gasteiger partial charge in [0.1, 0.15) is 11.5 Å². The third-order valence-electron chi connectivity index (χ3n) is 4.79. The van der Waals surface area contributed by atoms with Gasteiger partial charge in [0.25, 0.3) is 0 Å². The van der Waals surface area contributed by atoms with E-state index in [1.165, 1.54) is 16.4 Å². The predicted octanol–water partition coefficient (Wildman–Crippen LogP) is 3.24. The van der Waals surface area contributed by atoms with Crippen LogP contribution in [0.3, 0.4) is 0 Å². The van der Waals surface area contributed by atoms with E-state index >= 15 is 0 Å². The molecule has 0 bridgehead atoms. The van der Waals surface area contributed by atoms with Gasteiger partial charge in [0, 0.05) is 30.2 Å². The monoisotopic (exact) mass is 480 g/mol. The van der Waals surface area contributed by atoms with E-state index in [9.17, 15) is 13.2 Å². The van der Waals surface area contributed by atoms with Crippen molar-refractivity contribution < 1.29 is 27.4 Å². The van der Waals surface area contributed by atoms with Crippen LogP contribution in [0, 0.1) is 0 Å².